The first-order valence-electron chi connectivity index (χ1n) is 11.9. The number of nitrogens with one attached hydrogen (secondary N) is 1. The number of halogens is 1. The molecule has 3 heterocycles. The van der Waals surface area contributed by atoms with E-state index in [1.54, 1.807) is 17.7 Å². The number of para-hydroxylation sites is 1. The molecule has 1 aliphatic rings. The summed E-state index contributed by atoms with van der Waals surface area (Å²) in [5.74, 6) is 0.495. The van der Waals surface area contributed by atoms with Crippen molar-refractivity contribution in [2.24, 2.45) is 0 Å². The van der Waals surface area contributed by atoms with Crippen molar-refractivity contribution >= 4 is 23.2 Å². The molecule has 1 saturated heterocycles. The van der Waals surface area contributed by atoms with Gasteiger partial charge < -0.3 is 15.0 Å². The van der Waals surface area contributed by atoms with Crippen LogP contribution in [-0.4, -0.2) is 58.7 Å². The fraction of sp³-hybridized carbons (Fsp3) is 0.296. The molecule has 0 atom stereocenters. The lowest BCUT2D eigenvalue weighted by molar-refractivity contribution is 0.0941. The van der Waals surface area contributed by atoms with E-state index in [2.05, 4.69) is 15.2 Å². The topological polar surface area (TPSA) is 71.8 Å². The fourth-order valence-electron chi connectivity index (χ4n) is 4.50. The van der Waals surface area contributed by atoms with Crippen LogP contribution < -0.4 is 10.1 Å². The number of hydrogen-bond donors (Lipinski definition) is 1. The van der Waals surface area contributed by atoms with E-state index in [-0.39, 0.29) is 5.91 Å². The van der Waals surface area contributed by atoms with E-state index >= 15 is 0 Å². The number of benzene rings is 2. The van der Waals surface area contributed by atoms with Crippen LogP contribution in [-0.2, 0) is 0 Å². The highest BCUT2D eigenvalue weighted by atomic mass is 35.5. The molecule has 7 nitrogen and oxygen atoms in total. The second-order valence-corrected chi connectivity index (χ2v) is 9.13. The number of nitrogens with zero attached hydrogens (tertiary/aromatic N) is 4. The monoisotopic (exact) mass is 489 g/mol. The Morgan fingerprint density at radius 2 is 1.83 bits per heavy atom. The molecule has 1 N–H and O–H groups in total. The molecule has 35 heavy (non-hydrogen) atoms. The molecule has 4 aromatic rings. The van der Waals surface area contributed by atoms with Crippen LogP contribution in [0.25, 0.3) is 28.2 Å². The second-order valence-electron chi connectivity index (χ2n) is 8.69. The molecule has 1 amide bonds. The summed E-state index contributed by atoms with van der Waals surface area (Å²) in [4.78, 5) is 20.2. The average Bonchev–Trinajstić information content (AvgIpc) is 3.33. The Kier molecular flexibility index (Phi) is 6.97. The average molecular weight is 490 g/mol. The summed E-state index contributed by atoms with van der Waals surface area (Å²) in [6.45, 7) is 3.63. The van der Waals surface area contributed by atoms with Gasteiger partial charge in [0.25, 0.3) is 5.91 Å². The summed E-state index contributed by atoms with van der Waals surface area (Å²) in [5.41, 5.74) is 4.15. The van der Waals surface area contributed by atoms with Crippen molar-refractivity contribution in [3.05, 3.63) is 71.4 Å². The maximum absolute atomic E-state index is 13.1. The standard InChI is InChI=1S/C27H28ClN5O2/c1-35-25-8-4-3-7-21(25)24-17-23(27(34)29-13-16-32-14-5-2-6-15-32)30-26-18-22(31-33(24)26)19-9-11-20(28)12-10-19/h3-4,7-12,17-18H,2,5-6,13-16H2,1H3,(H,29,34). The largest absolute Gasteiger partial charge is 0.496 e. The van der Waals surface area contributed by atoms with Crippen molar-refractivity contribution in [1.82, 2.24) is 24.8 Å². The van der Waals surface area contributed by atoms with E-state index in [0.29, 0.717) is 28.7 Å². The van der Waals surface area contributed by atoms with Crippen LogP contribution in [0.5, 0.6) is 5.75 Å². The Labute approximate surface area is 209 Å². The summed E-state index contributed by atoms with van der Waals surface area (Å²) in [7, 11) is 1.63. The summed E-state index contributed by atoms with van der Waals surface area (Å²) in [6, 6.07) is 18.9. The SMILES string of the molecule is COc1ccccc1-c1cc(C(=O)NCCN2CCCCC2)nc2cc(-c3ccc(Cl)cc3)nn12. The zero-order valence-electron chi connectivity index (χ0n) is 19.7. The molecule has 0 spiro atoms. The first kappa shape index (κ1) is 23.3. The zero-order chi connectivity index (χ0) is 24.2. The van der Waals surface area contributed by atoms with Crippen molar-refractivity contribution in [1.29, 1.82) is 0 Å². The molecule has 180 valence electrons. The molecule has 2 aromatic heterocycles. The molecule has 5 rings (SSSR count). The lowest BCUT2D eigenvalue weighted by Gasteiger charge is -2.26. The van der Waals surface area contributed by atoms with Crippen molar-refractivity contribution in [3.63, 3.8) is 0 Å². The number of ether oxygens (including phenoxy) is 1. The van der Waals surface area contributed by atoms with Gasteiger partial charge in [-0.15, -0.1) is 0 Å². The fourth-order valence-corrected chi connectivity index (χ4v) is 4.63. The molecule has 0 saturated carbocycles. The Balaban J connectivity index is 1.50. The Hall–Kier alpha value is -3.42. The van der Waals surface area contributed by atoms with Gasteiger partial charge in [0.2, 0.25) is 0 Å². The normalized spacial score (nSPS) is 14.2. The minimum atomic E-state index is -0.199. The predicted octanol–water partition coefficient (Wildman–Crippen LogP) is 4.94. The first-order valence-corrected chi connectivity index (χ1v) is 12.3. The van der Waals surface area contributed by atoms with Crippen LogP contribution in [0.3, 0.4) is 0 Å². The molecule has 0 aliphatic carbocycles. The number of carbonyl (C=O) groups is 1. The smallest absolute Gasteiger partial charge is 0.270 e. The number of fused-ring (bicyclic) bond motifs is 1. The quantitative estimate of drug-likeness (QED) is 0.398. The summed E-state index contributed by atoms with van der Waals surface area (Å²) < 4.78 is 7.36. The van der Waals surface area contributed by atoms with E-state index in [0.717, 1.165) is 42.1 Å². The molecule has 1 fully saturated rings. The van der Waals surface area contributed by atoms with Crippen LogP contribution in [0.1, 0.15) is 29.8 Å². The maximum atomic E-state index is 13.1. The zero-order valence-corrected chi connectivity index (χ0v) is 20.5. The van der Waals surface area contributed by atoms with Crippen molar-refractivity contribution in [3.8, 4) is 28.3 Å². The predicted molar refractivity (Wildman–Crippen MR) is 138 cm³/mol. The Bertz CT molecular complexity index is 1330. The third-order valence-corrected chi connectivity index (χ3v) is 6.60. The number of rotatable bonds is 7. The molecular formula is C27H28ClN5O2. The molecule has 2 aromatic carbocycles. The minimum absolute atomic E-state index is 0.199. The molecule has 8 heteroatoms. The van der Waals surface area contributed by atoms with Crippen LogP contribution >= 0.6 is 11.6 Å². The number of hydrogen-bond acceptors (Lipinski definition) is 5. The molecule has 1 aliphatic heterocycles. The van der Waals surface area contributed by atoms with Crippen molar-refractivity contribution < 1.29 is 9.53 Å². The van der Waals surface area contributed by atoms with Gasteiger partial charge in [-0.2, -0.15) is 5.10 Å². The van der Waals surface area contributed by atoms with Gasteiger partial charge >= 0.3 is 0 Å². The minimum Gasteiger partial charge on any atom is -0.496 e. The van der Waals surface area contributed by atoms with E-state index in [9.17, 15) is 4.79 Å². The van der Waals surface area contributed by atoms with Crippen molar-refractivity contribution in [2.45, 2.75) is 19.3 Å². The highest BCUT2D eigenvalue weighted by Gasteiger charge is 2.19. The van der Waals surface area contributed by atoms with Gasteiger partial charge in [-0.1, -0.05) is 42.3 Å². The lowest BCUT2D eigenvalue weighted by atomic mass is 10.1. The van der Waals surface area contributed by atoms with E-state index in [1.165, 1.54) is 19.3 Å². The number of piperidine rings is 1. The Morgan fingerprint density at radius 3 is 2.60 bits per heavy atom. The molecule has 0 radical (unpaired) electrons. The molecule has 0 unspecified atom stereocenters. The highest BCUT2D eigenvalue weighted by molar-refractivity contribution is 6.30. The number of methoxy groups -OCH3 is 1. The molecule has 0 bridgehead atoms. The summed E-state index contributed by atoms with van der Waals surface area (Å²) >= 11 is 6.06. The van der Waals surface area contributed by atoms with Gasteiger partial charge in [0, 0.05) is 35.3 Å². The van der Waals surface area contributed by atoms with Crippen LogP contribution in [0.15, 0.2) is 60.7 Å². The summed E-state index contributed by atoms with van der Waals surface area (Å²) in [5, 5.41) is 8.51. The number of amides is 1. The third kappa shape index (κ3) is 5.16. The lowest BCUT2D eigenvalue weighted by Crippen LogP contribution is -2.37. The number of carbonyl (C=O) groups excluding carboxylic acids is 1. The van der Waals surface area contributed by atoms with E-state index in [1.807, 2.05) is 54.6 Å². The molecular weight excluding hydrogens is 462 g/mol. The number of likely N-dealkylation sites (tertiary alicyclic amines) is 1. The van der Waals surface area contributed by atoms with E-state index < -0.39 is 0 Å². The highest BCUT2D eigenvalue weighted by Crippen LogP contribution is 2.31. The van der Waals surface area contributed by atoms with Gasteiger partial charge in [-0.05, 0) is 56.3 Å². The van der Waals surface area contributed by atoms with Crippen LogP contribution in [0, 0.1) is 0 Å². The van der Waals surface area contributed by atoms with Gasteiger partial charge in [0.1, 0.15) is 11.4 Å². The third-order valence-electron chi connectivity index (χ3n) is 6.35. The number of aromatic nitrogens is 3. The maximum Gasteiger partial charge on any atom is 0.270 e. The Morgan fingerprint density at radius 1 is 1.06 bits per heavy atom. The first-order chi connectivity index (χ1) is 17.1. The van der Waals surface area contributed by atoms with Gasteiger partial charge in [0.15, 0.2) is 5.65 Å². The van der Waals surface area contributed by atoms with Gasteiger partial charge in [-0.3, -0.25) is 4.79 Å². The summed E-state index contributed by atoms with van der Waals surface area (Å²) in [6.07, 6.45) is 3.75. The van der Waals surface area contributed by atoms with Gasteiger partial charge in [-0.25, -0.2) is 9.50 Å². The van der Waals surface area contributed by atoms with Gasteiger partial charge in [0.05, 0.1) is 18.5 Å². The van der Waals surface area contributed by atoms with Crippen LogP contribution in [0.2, 0.25) is 5.02 Å². The second kappa shape index (κ2) is 10.5. The van der Waals surface area contributed by atoms with Crippen molar-refractivity contribution in [2.75, 3.05) is 33.3 Å². The van der Waals surface area contributed by atoms with Crippen LogP contribution in [0.4, 0.5) is 0 Å². The van der Waals surface area contributed by atoms with E-state index in [4.69, 9.17) is 21.4 Å².